The van der Waals surface area contributed by atoms with Gasteiger partial charge in [-0.05, 0) is 24.3 Å². The van der Waals surface area contributed by atoms with Gasteiger partial charge < -0.3 is 0 Å². The molecule has 3 heterocycles. The predicted molar refractivity (Wildman–Crippen MR) is 60.9 cm³/mol. The Balaban J connectivity index is 2.18. The van der Waals surface area contributed by atoms with Crippen LogP contribution in [-0.4, -0.2) is 19.6 Å². The van der Waals surface area contributed by atoms with Crippen molar-refractivity contribution in [2.45, 2.75) is 0 Å². The van der Waals surface area contributed by atoms with Crippen LogP contribution in [0.15, 0.2) is 42.9 Å². The Bertz CT molecular complexity index is 709. The zero-order chi connectivity index (χ0) is 11.7. The summed E-state index contributed by atoms with van der Waals surface area (Å²) in [5.41, 5.74) is 2.12. The Morgan fingerprint density at radius 3 is 2.94 bits per heavy atom. The fourth-order valence-corrected chi connectivity index (χ4v) is 1.57. The fourth-order valence-electron chi connectivity index (χ4n) is 1.57. The molecule has 5 nitrogen and oxygen atoms in total. The molecule has 0 radical (unpaired) electrons. The van der Waals surface area contributed by atoms with Crippen LogP contribution in [0, 0.1) is 11.3 Å². The molecule has 80 valence electrons. The molecule has 0 spiro atoms. The van der Waals surface area contributed by atoms with Crippen LogP contribution in [0.3, 0.4) is 0 Å². The molecule has 0 atom stereocenters. The molecule has 0 fully saturated rings. The SMILES string of the molecule is N#Cc1ccc2nc(-c3cccnc3)nn2c1. The van der Waals surface area contributed by atoms with Crippen molar-refractivity contribution in [2.75, 3.05) is 0 Å². The Labute approximate surface area is 97.0 Å². The van der Waals surface area contributed by atoms with E-state index in [4.69, 9.17) is 5.26 Å². The van der Waals surface area contributed by atoms with Gasteiger partial charge in [0, 0.05) is 24.2 Å². The van der Waals surface area contributed by atoms with Gasteiger partial charge in [0.05, 0.1) is 5.56 Å². The molecule has 5 heteroatoms. The molecule has 17 heavy (non-hydrogen) atoms. The van der Waals surface area contributed by atoms with Crippen molar-refractivity contribution >= 4 is 5.65 Å². The molecular formula is C12H7N5. The third-order valence-corrected chi connectivity index (χ3v) is 2.38. The standard InChI is InChI=1S/C12H7N5/c13-6-9-3-4-11-15-12(16-17(11)8-9)10-2-1-5-14-7-10/h1-5,7-8H. The molecule has 0 aliphatic carbocycles. The number of rotatable bonds is 1. The second kappa shape index (κ2) is 3.68. The summed E-state index contributed by atoms with van der Waals surface area (Å²) in [6.07, 6.45) is 5.06. The molecule has 0 amide bonds. The van der Waals surface area contributed by atoms with Crippen molar-refractivity contribution in [3.05, 3.63) is 48.4 Å². The lowest BCUT2D eigenvalue weighted by molar-refractivity contribution is 0.961. The number of pyridine rings is 2. The van der Waals surface area contributed by atoms with E-state index in [0.29, 0.717) is 17.0 Å². The van der Waals surface area contributed by atoms with Gasteiger partial charge in [-0.3, -0.25) is 4.98 Å². The molecule has 0 unspecified atom stereocenters. The Morgan fingerprint density at radius 2 is 2.18 bits per heavy atom. The summed E-state index contributed by atoms with van der Waals surface area (Å²) >= 11 is 0. The fraction of sp³-hybridized carbons (Fsp3) is 0. The third-order valence-electron chi connectivity index (χ3n) is 2.38. The Morgan fingerprint density at radius 1 is 1.24 bits per heavy atom. The van der Waals surface area contributed by atoms with Crippen molar-refractivity contribution in [2.24, 2.45) is 0 Å². The largest absolute Gasteiger partial charge is 0.264 e. The van der Waals surface area contributed by atoms with Gasteiger partial charge in [-0.1, -0.05) is 0 Å². The first kappa shape index (κ1) is 9.48. The van der Waals surface area contributed by atoms with Crippen molar-refractivity contribution in [1.82, 2.24) is 19.6 Å². The Hall–Kier alpha value is -2.74. The highest BCUT2D eigenvalue weighted by atomic mass is 15.3. The molecule has 0 aromatic carbocycles. The van der Waals surface area contributed by atoms with Crippen LogP contribution in [-0.2, 0) is 0 Å². The zero-order valence-electron chi connectivity index (χ0n) is 8.78. The van der Waals surface area contributed by atoms with Crippen LogP contribution in [0.25, 0.3) is 17.0 Å². The average molecular weight is 221 g/mol. The molecular weight excluding hydrogens is 214 g/mol. The van der Waals surface area contributed by atoms with Crippen LogP contribution in [0.5, 0.6) is 0 Å². The molecule has 3 rings (SSSR count). The van der Waals surface area contributed by atoms with E-state index < -0.39 is 0 Å². The Kier molecular flexibility index (Phi) is 2.06. The minimum absolute atomic E-state index is 0.556. The maximum atomic E-state index is 8.80. The van der Waals surface area contributed by atoms with Crippen LogP contribution in [0.2, 0.25) is 0 Å². The summed E-state index contributed by atoms with van der Waals surface area (Å²) in [6, 6.07) is 9.29. The zero-order valence-corrected chi connectivity index (χ0v) is 8.78. The molecule has 0 N–H and O–H groups in total. The summed E-state index contributed by atoms with van der Waals surface area (Å²) in [7, 11) is 0. The smallest absolute Gasteiger partial charge is 0.183 e. The summed E-state index contributed by atoms with van der Waals surface area (Å²) in [5, 5.41) is 13.1. The molecule has 0 saturated carbocycles. The maximum absolute atomic E-state index is 8.80. The van der Waals surface area contributed by atoms with Gasteiger partial charge in [-0.25, -0.2) is 9.50 Å². The van der Waals surface area contributed by atoms with E-state index in [9.17, 15) is 0 Å². The third kappa shape index (κ3) is 1.62. The molecule has 0 bridgehead atoms. The van der Waals surface area contributed by atoms with E-state index >= 15 is 0 Å². The van der Waals surface area contributed by atoms with Crippen molar-refractivity contribution in [3.8, 4) is 17.5 Å². The number of hydrogen-bond donors (Lipinski definition) is 0. The number of nitrogens with zero attached hydrogens (tertiary/aromatic N) is 5. The summed E-state index contributed by atoms with van der Waals surface area (Å²) in [4.78, 5) is 8.38. The lowest BCUT2D eigenvalue weighted by Crippen LogP contribution is -1.88. The molecule has 3 aromatic rings. The first-order valence-electron chi connectivity index (χ1n) is 5.04. The second-order valence-electron chi connectivity index (χ2n) is 3.51. The van der Waals surface area contributed by atoms with Crippen LogP contribution in [0.1, 0.15) is 5.56 Å². The highest BCUT2D eigenvalue weighted by Gasteiger charge is 2.06. The van der Waals surface area contributed by atoms with Crippen LogP contribution >= 0.6 is 0 Å². The highest BCUT2D eigenvalue weighted by Crippen LogP contribution is 2.14. The number of fused-ring (bicyclic) bond motifs is 1. The molecule has 0 saturated heterocycles. The van der Waals surface area contributed by atoms with Crippen molar-refractivity contribution in [1.29, 1.82) is 5.26 Å². The monoisotopic (exact) mass is 221 g/mol. The van der Waals surface area contributed by atoms with Crippen molar-refractivity contribution < 1.29 is 0 Å². The maximum Gasteiger partial charge on any atom is 0.183 e. The summed E-state index contributed by atoms with van der Waals surface area (Å²) in [5.74, 6) is 0.605. The van der Waals surface area contributed by atoms with Gasteiger partial charge in [0.25, 0.3) is 0 Å². The van der Waals surface area contributed by atoms with Gasteiger partial charge in [0.1, 0.15) is 6.07 Å². The van der Waals surface area contributed by atoms with Gasteiger partial charge in [-0.2, -0.15) is 5.26 Å². The van der Waals surface area contributed by atoms with E-state index in [2.05, 4.69) is 21.1 Å². The molecule has 3 aromatic heterocycles. The van der Waals surface area contributed by atoms with Crippen LogP contribution < -0.4 is 0 Å². The summed E-state index contributed by atoms with van der Waals surface area (Å²) in [6.45, 7) is 0. The first-order chi connectivity index (χ1) is 8.36. The highest BCUT2D eigenvalue weighted by molar-refractivity contribution is 5.57. The van der Waals surface area contributed by atoms with Gasteiger partial charge in [-0.15, -0.1) is 5.10 Å². The molecule has 0 aliphatic rings. The number of hydrogen-bond acceptors (Lipinski definition) is 4. The lowest BCUT2D eigenvalue weighted by Gasteiger charge is -1.91. The first-order valence-corrected chi connectivity index (χ1v) is 5.04. The van der Waals surface area contributed by atoms with Crippen LogP contribution in [0.4, 0.5) is 0 Å². The minimum atomic E-state index is 0.556. The summed E-state index contributed by atoms with van der Waals surface area (Å²) < 4.78 is 1.60. The van der Waals surface area contributed by atoms with Gasteiger partial charge in [0.15, 0.2) is 11.5 Å². The van der Waals surface area contributed by atoms with Gasteiger partial charge in [0.2, 0.25) is 0 Å². The quantitative estimate of drug-likeness (QED) is 0.626. The van der Waals surface area contributed by atoms with E-state index in [0.717, 1.165) is 5.56 Å². The second-order valence-corrected chi connectivity index (χ2v) is 3.51. The minimum Gasteiger partial charge on any atom is -0.264 e. The average Bonchev–Trinajstić information content (AvgIpc) is 2.82. The number of nitriles is 1. The topological polar surface area (TPSA) is 66.9 Å². The molecule has 0 aliphatic heterocycles. The lowest BCUT2D eigenvalue weighted by atomic mass is 10.3. The van der Waals surface area contributed by atoms with E-state index in [-0.39, 0.29) is 0 Å². The normalized spacial score (nSPS) is 10.3. The predicted octanol–water partition coefficient (Wildman–Crippen LogP) is 1.66. The van der Waals surface area contributed by atoms with E-state index in [1.807, 2.05) is 12.1 Å². The van der Waals surface area contributed by atoms with Gasteiger partial charge >= 0.3 is 0 Å². The van der Waals surface area contributed by atoms with E-state index in [1.165, 1.54) is 0 Å². The number of aromatic nitrogens is 4. The van der Waals surface area contributed by atoms with E-state index in [1.54, 1.807) is 35.2 Å². The van der Waals surface area contributed by atoms with Crippen molar-refractivity contribution in [3.63, 3.8) is 0 Å².